The van der Waals surface area contributed by atoms with Crippen molar-refractivity contribution >= 4 is 55.6 Å². The summed E-state index contributed by atoms with van der Waals surface area (Å²) >= 11 is 5.67. The van der Waals surface area contributed by atoms with Gasteiger partial charge in [-0.15, -0.1) is 0 Å². The van der Waals surface area contributed by atoms with E-state index in [1.165, 1.54) is 4.68 Å². The van der Waals surface area contributed by atoms with E-state index in [-0.39, 0.29) is 11.5 Å². The first-order valence-electron chi connectivity index (χ1n) is 11.2. The van der Waals surface area contributed by atoms with Crippen LogP contribution in [0.25, 0.3) is 10.9 Å². The average molecular weight is 646 g/mol. The topological polar surface area (TPSA) is 65.7 Å². The third kappa shape index (κ3) is 5.75. The van der Waals surface area contributed by atoms with E-state index in [1.807, 2.05) is 61.5 Å². The van der Waals surface area contributed by atoms with Gasteiger partial charge in [-0.25, -0.2) is 4.98 Å². The molecule has 6 nitrogen and oxygen atoms in total. The first kappa shape index (κ1) is 25.4. The van der Waals surface area contributed by atoms with E-state index in [9.17, 15) is 4.79 Å². The van der Waals surface area contributed by atoms with E-state index in [4.69, 9.17) is 14.5 Å². The third-order valence-electron chi connectivity index (χ3n) is 5.69. The molecule has 35 heavy (non-hydrogen) atoms. The van der Waals surface area contributed by atoms with Crippen LogP contribution < -0.4 is 15.0 Å². The van der Waals surface area contributed by atoms with Gasteiger partial charge in [0.2, 0.25) is 0 Å². The van der Waals surface area contributed by atoms with E-state index in [2.05, 4.69) is 50.5 Å². The minimum Gasteiger partial charge on any atom is -0.493 e. The smallest absolute Gasteiger partial charge is 0.282 e. The summed E-state index contributed by atoms with van der Waals surface area (Å²) in [7, 11) is 1.61. The van der Waals surface area contributed by atoms with Gasteiger partial charge in [-0.05, 0) is 70.5 Å². The van der Waals surface area contributed by atoms with Crippen molar-refractivity contribution in [1.29, 1.82) is 0 Å². The maximum Gasteiger partial charge on any atom is 0.282 e. The van der Waals surface area contributed by atoms with Gasteiger partial charge in [-0.1, -0.05) is 60.1 Å². The summed E-state index contributed by atoms with van der Waals surface area (Å²) in [6.45, 7) is 4.55. The second-order valence-corrected chi connectivity index (χ2v) is 10.2. The van der Waals surface area contributed by atoms with Gasteiger partial charge in [0.25, 0.3) is 5.56 Å². The van der Waals surface area contributed by atoms with Gasteiger partial charge in [0.05, 0.1) is 27.8 Å². The number of benzene rings is 3. The number of fused-ring (bicyclic) bond motifs is 1. The molecule has 0 unspecified atom stereocenters. The summed E-state index contributed by atoms with van der Waals surface area (Å²) in [5.74, 6) is 1.97. The average Bonchev–Trinajstić information content (AvgIpc) is 2.87. The van der Waals surface area contributed by atoms with Crippen molar-refractivity contribution in [2.75, 3.05) is 7.11 Å². The van der Waals surface area contributed by atoms with Crippen molar-refractivity contribution < 1.29 is 9.47 Å². The highest BCUT2D eigenvalue weighted by molar-refractivity contribution is 14.1. The summed E-state index contributed by atoms with van der Waals surface area (Å²) in [5, 5.41) is 5.08. The maximum atomic E-state index is 13.3. The minimum absolute atomic E-state index is 0.0660. The summed E-state index contributed by atoms with van der Waals surface area (Å²) in [5.41, 5.74) is 2.32. The van der Waals surface area contributed by atoms with E-state index in [1.54, 1.807) is 19.4 Å². The lowest BCUT2D eigenvalue weighted by Gasteiger charge is -2.15. The van der Waals surface area contributed by atoms with Crippen LogP contribution in [0.2, 0.25) is 0 Å². The van der Waals surface area contributed by atoms with E-state index in [0.717, 1.165) is 25.6 Å². The maximum absolute atomic E-state index is 13.3. The number of ether oxygens (including phenoxy) is 2. The minimum atomic E-state index is -0.202. The highest BCUT2D eigenvalue weighted by atomic mass is 127. The van der Waals surface area contributed by atoms with Crippen LogP contribution in [0, 0.1) is 3.57 Å². The zero-order valence-electron chi connectivity index (χ0n) is 19.7. The molecule has 8 heteroatoms. The molecule has 0 fully saturated rings. The highest BCUT2D eigenvalue weighted by Crippen LogP contribution is 2.34. The molecule has 0 aliphatic carbocycles. The molecule has 1 aromatic heterocycles. The molecule has 1 atom stereocenters. The van der Waals surface area contributed by atoms with Crippen LogP contribution in [0.3, 0.4) is 0 Å². The van der Waals surface area contributed by atoms with Crippen molar-refractivity contribution in [2.45, 2.75) is 32.8 Å². The molecule has 3 aromatic carbocycles. The van der Waals surface area contributed by atoms with Gasteiger partial charge in [0.1, 0.15) is 12.4 Å². The normalized spacial score (nSPS) is 12.3. The Kier molecular flexibility index (Phi) is 8.22. The number of hydrogen-bond donors (Lipinski definition) is 0. The van der Waals surface area contributed by atoms with Gasteiger partial charge in [-0.3, -0.25) is 4.79 Å². The Balaban J connectivity index is 1.71. The second-order valence-electron chi connectivity index (χ2n) is 8.11. The first-order chi connectivity index (χ1) is 16.9. The zero-order valence-corrected chi connectivity index (χ0v) is 23.4. The predicted molar refractivity (Wildman–Crippen MR) is 152 cm³/mol. The Morgan fingerprint density at radius 1 is 1.17 bits per heavy atom. The van der Waals surface area contributed by atoms with Crippen LogP contribution in [0.1, 0.15) is 43.1 Å². The fourth-order valence-corrected chi connectivity index (χ4v) is 4.73. The first-order valence-corrected chi connectivity index (χ1v) is 13.1. The molecule has 0 saturated heterocycles. The Labute approximate surface area is 226 Å². The van der Waals surface area contributed by atoms with Crippen LogP contribution in [-0.2, 0) is 6.61 Å². The molecule has 0 spiro atoms. The van der Waals surface area contributed by atoms with Crippen molar-refractivity contribution in [3.63, 3.8) is 0 Å². The van der Waals surface area contributed by atoms with Crippen LogP contribution in [0.4, 0.5) is 0 Å². The van der Waals surface area contributed by atoms with Gasteiger partial charge in [0.15, 0.2) is 11.5 Å². The largest absolute Gasteiger partial charge is 0.493 e. The molecule has 180 valence electrons. The predicted octanol–water partition coefficient (Wildman–Crippen LogP) is 6.75. The molecular weight excluding hydrogens is 621 g/mol. The molecule has 0 saturated carbocycles. The quantitative estimate of drug-likeness (QED) is 0.157. The second kappa shape index (κ2) is 11.3. The summed E-state index contributed by atoms with van der Waals surface area (Å²) in [4.78, 5) is 18.1. The highest BCUT2D eigenvalue weighted by Gasteiger charge is 2.16. The van der Waals surface area contributed by atoms with Gasteiger partial charge in [-0.2, -0.15) is 9.78 Å². The molecular formula is C27H25BrIN3O3. The van der Waals surface area contributed by atoms with Crippen molar-refractivity contribution in [1.82, 2.24) is 9.66 Å². The molecule has 0 N–H and O–H groups in total. The number of rotatable bonds is 8. The Bertz CT molecular complexity index is 1440. The Morgan fingerprint density at radius 2 is 1.94 bits per heavy atom. The van der Waals surface area contributed by atoms with E-state index >= 15 is 0 Å². The van der Waals surface area contributed by atoms with Crippen LogP contribution in [0.15, 0.2) is 75.0 Å². The summed E-state index contributed by atoms with van der Waals surface area (Å²) in [6, 6.07) is 19.3. The molecule has 0 radical (unpaired) electrons. The summed E-state index contributed by atoms with van der Waals surface area (Å²) < 4.78 is 14.8. The fourth-order valence-electron chi connectivity index (χ4n) is 3.59. The molecule has 0 aliphatic rings. The number of nitrogens with zero attached hydrogens (tertiary/aromatic N) is 3. The van der Waals surface area contributed by atoms with Crippen molar-refractivity contribution in [2.24, 2.45) is 5.10 Å². The lowest BCUT2D eigenvalue weighted by Crippen LogP contribution is -2.23. The third-order valence-corrected chi connectivity index (χ3v) is 6.98. The van der Waals surface area contributed by atoms with Crippen LogP contribution in [0.5, 0.6) is 11.5 Å². The zero-order chi connectivity index (χ0) is 24.9. The Hall–Kier alpha value is -2.72. The summed E-state index contributed by atoms with van der Waals surface area (Å²) in [6.07, 6.45) is 2.49. The molecule has 1 heterocycles. The monoisotopic (exact) mass is 645 g/mol. The fraction of sp³-hybridized carbons (Fsp3) is 0.222. The van der Waals surface area contributed by atoms with Gasteiger partial charge in [0, 0.05) is 10.4 Å². The molecule has 0 aliphatic heterocycles. The number of methoxy groups -OCH3 is 1. The number of hydrogen-bond acceptors (Lipinski definition) is 5. The molecule has 0 bridgehead atoms. The van der Waals surface area contributed by atoms with E-state index in [0.29, 0.717) is 34.8 Å². The Morgan fingerprint density at radius 3 is 2.66 bits per heavy atom. The van der Waals surface area contributed by atoms with Crippen molar-refractivity contribution in [3.05, 3.63) is 96.0 Å². The van der Waals surface area contributed by atoms with Gasteiger partial charge >= 0.3 is 0 Å². The number of aromatic nitrogens is 2. The SMILES string of the molecule is CC[C@@H](C)c1nc2ccc(Br)cc2c(=O)n1N=Cc1cc(I)c(OCc2ccccc2)c(OC)c1. The van der Waals surface area contributed by atoms with Crippen LogP contribution in [-0.4, -0.2) is 23.0 Å². The van der Waals surface area contributed by atoms with Crippen molar-refractivity contribution in [3.8, 4) is 11.5 Å². The lowest BCUT2D eigenvalue weighted by molar-refractivity contribution is 0.282. The van der Waals surface area contributed by atoms with Crippen LogP contribution >= 0.6 is 38.5 Å². The van der Waals surface area contributed by atoms with Gasteiger partial charge < -0.3 is 9.47 Å². The molecule has 4 rings (SSSR count). The number of halogens is 2. The standard InChI is InChI=1S/C27H25BrIN3O3/c1-4-17(2)26-31-23-11-10-20(28)14-21(23)27(33)32(26)30-15-19-12-22(29)25(24(13-19)34-3)35-16-18-8-6-5-7-9-18/h5-15,17H,4,16H2,1-3H3/t17-/m1/s1. The lowest BCUT2D eigenvalue weighted by atomic mass is 10.1. The molecule has 4 aromatic rings. The molecule has 0 amide bonds. The van der Waals surface area contributed by atoms with E-state index < -0.39 is 0 Å².